The van der Waals surface area contributed by atoms with Crippen LogP contribution in [0.3, 0.4) is 0 Å². The molecular weight excluding hydrogens is 208 g/mol. The standard InChI is InChI=1S/C7H10N2O2S2/c1-3-9-6(11)5(8-4(2)10)13-7(9)12/h5H,3H2,1-2H3,(H,8,10). The molecule has 4 nitrogen and oxygen atoms in total. The maximum atomic E-state index is 11.5. The van der Waals surface area contributed by atoms with Crippen LogP contribution in [-0.2, 0) is 9.59 Å². The molecule has 1 heterocycles. The molecule has 1 aliphatic heterocycles. The lowest BCUT2D eigenvalue weighted by molar-refractivity contribution is -0.129. The molecule has 1 atom stereocenters. The van der Waals surface area contributed by atoms with Gasteiger partial charge in [-0.1, -0.05) is 24.0 Å². The van der Waals surface area contributed by atoms with Crippen LogP contribution in [0.25, 0.3) is 0 Å². The van der Waals surface area contributed by atoms with Crippen LogP contribution in [-0.4, -0.2) is 33.0 Å². The van der Waals surface area contributed by atoms with Crippen molar-refractivity contribution in [3.05, 3.63) is 0 Å². The van der Waals surface area contributed by atoms with E-state index in [4.69, 9.17) is 12.2 Å². The van der Waals surface area contributed by atoms with Crippen molar-refractivity contribution in [1.82, 2.24) is 10.2 Å². The van der Waals surface area contributed by atoms with Crippen molar-refractivity contribution in [3.63, 3.8) is 0 Å². The molecule has 0 aromatic rings. The lowest BCUT2D eigenvalue weighted by Crippen LogP contribution is -2.39. The van der Waals surface area contributed by atoms with Crippen molar-refractivity contribution < 1.29 is 9.59 Å². The van der Waals surface area contributed by atoms with Crippen LogP contribution in [0.2, 0.25) is 0 Å². The molecule has 1 rings (SSSR count). The van der Waals surface area contributed by atoms with Crippen LogP contribution in [0.5, 0.6) is 0 Å². The van der Waals surface area contributed by atoms with E-state index in [2.05, 4.69) is 5.32 Å². The highest BCUT2D eigenvalue weighted by Crippen LogP contribution is 2.24. The van der Waals surface area contributed by atoms with Gasteiger partial charge in [-0.15, -0.1) is 0 Å². The summed E-state index contributed by atoms with van der Waals surface area (Å²) in [6, 6.07) is 0. The first-order chi connectivity index (χ1) is 6.06. The Hall–Kier alpha value is -0.620. The van der Waals surface area contributed by atoms with E-state index in [0.717, 1.165) is 0 Å². The highest BCUT2D eigenvalue weighted by atomic mass is 32.2. The van der Waals surface area contributed by atoms with Crippen LogP contribution in [0, 0.1) is 0 Å². The normalized spacial score (nSPS) is 22.3. The van der Waals surface area contributed by atoms with Crippen molar-refractivity contribution in [1.29, 1.82) is 0 Å². The fraction of sp³-hybridized carbons (Fsp3) is 0.571. The molecule has 0 aromatic heterocycles. The van der Waals surface area contributed by atoms with Crippen molar-refractivity contribution in [2.24, 2.45) is 0 Å². The topological polar surface area (TPSA) is 49.4 Å². The average Bonchev–Trinajstić information content (AvgIpc) is 2.26. The highest BCUT2D eigenvalue weighted by molar-refractivity contribution is 8.24. The Labute approximate surface area is 86.0 Å². The minimum absolute atomic E-state index is 0.132. The van der Waals surface area contributed by atoms with Crippen molar-refractivity contribution in [2.45, 2.75) is 19.2 Å². The summed E-state index contributed by atoms with van der Waals surface area (Å²) in [6.07, 6.45) is 0. The molecule has 0 aromatic carbocycles. The lowest BCUT2D eigenvalue weighted by Gasteiger charge is -2.11. The monoisotopic (exact) mass is 218 g/mol. The van der Waals surface area contributed by atoms with E-state index < -0.39 is 5.37 Å². The number of likely N-dealkylation sites (N-methyl/N-ethyl adjacent to an activating group) is 1. The number of thiocarbonyl (C=S) groups is 1. The fourth-order valence-corrected chi connectivity index (χ4v) is 2.52. The largest absolute Gasteiger partial charge is 0.336 e. The summed E-state index contributed by atoms with van der Waals surface area (Å²) in [5.41, 5.74) is 0. The van der Waals surface area contributed by atoms with E-state index in [1.54, 1.807) is 0 Å². The van der Waals surface area contributed by atoms with Crippen molar-refractivity contribution in [3.8, 4) is 0 Å². The number of nitrogens with one attached hydrogen (secondary N) is 1. The Kier molecular flexibility index (Phi) is 3.27. The molecule has 0 radical (unpaired) electrons. The third-order valence-electron chi connectivity index (χ3n) is 1.58. The van der Waals surface area contributed by atoms with Gasteiger partial charge in [-0.05, 0) is 6.92 Å². The average molecular weight is 218 g/mol. The van der Waals surface area contributed by atoms with Crippen LogP contribution in [0.4, 0.5) is 0 Å². The predicted octanol–water partition coefficient (Wildman–Crippen LogP) is 0.329. The first-order valence-corrected chi connectivity index (χ1v) is 5.14. The third-order valence-corrected chi connectivity index (χ3v) is 3.07. The number of nitrogens with zero attached hydrogens (tertiary/aromatic N) is 1. The molecule has 1 aliphatic rings. The molecule has 0 bridgehead atoms. The van der Waals surface area contributed by atoms with Gasteiger partial charge in [0.2, 0.25) is 5.91 Å². The molecule has 0 saturated carbocycles. The van der Waals surface area contributed by atoms with Crippen molar-refractivity contribution >= 4 is 40.1 Å². The molecular formula is C7H10N2O2S2. The molecule has 13 heavy (non-hydrogen) atoms. The summed E-state index contributed by atoms with van der Waals surface area (Å²) in [4.78, 5) is 23.7. The molecule has 1 unspecified atom stereocenters. The molecule has 1 N–H and O–H groups in total. The zero-order valence-electron chi connectivity index (χ0n) is 7.36. The number of rotatable bonds is 2. The zero-order chi connectivity index (χ0) is 10.0. The van der Waals surface area contributed by atoms with Crippen LogP contribution in [0.15, 0.2) is 0 Å². The van der Waals surface area contributed by atoms with Gasteiger partial charge < -0.3 is 5.32 Å². The van der Waals surface area contributed by atoms with Crippen LogP contribution in [0.1, 0.15) is 13.8 Å². The van der Waals surface area contributed by atoms with Gasteiger partial charge in [0, 0.05) is 13.5 Å². The van der Waals surface area contributed by atoms with Gasteiger partial charge in [-0.25, -0.2) is 0 Å². The summed E-state index contributed by atoms with van der Waals surface area (Å²) in [7, 11) is 0. The maximum absolute atomic E-state index is 11.5. The maximum Gasteiger partial charge on any atom is 0.261 e. The zero-order valence-corrected chi connectivity index (χ0v) is 9.00. The second kappa shape index (κ2) is 4.06. The molecule has 1 fully saturated rings. The number of carbonyl (C=O) groups is 2. The second-order valence-electron chi connectivity index (χ2n) is 2.55. The number of hydrogen-bond donors (Lipinski definition) is 1. The Morgan fingerprint density at radius 1 is 1.77 bits per heavy atom. The predicted molar refractivity (Wildman–Crippen MR) is 55.2 cm³/mol. The molecule has 1 saturated heterocycles. The van der Waals surface area contributed by atoms with E-state index in [1.807, 2.05) is 6.92 Å². The third kappa shape index (κ3) is 2.19. The van der Waals surface area contributed by atoms with Crippen molar-refractivity contribution in [2.75, 3.05) is 6.54 Å². The van der Waals surface area contributed by atoms with Crippen LogP contribution >= 0.6 is 24.0 Å². The number of carbonyl (C=O) groups excluding carboxylic acids is 2. The molecule has 0 aliphatic carbocycles. The van der Waals surface area contributed by atoms with Crippen LogP contribution < -0.4 is 5.32 Å². The number of thioether (sulfide) groups is 1. The van der Waals surface area contributed by atoms with Gasteiger partial charge in [0.15, 0.2) is 5.37 Å². The second-order valence-corrected chi connectivity index (χ2v) is 4.29. The summed E-state index contributed by atoms with van der Waals surface area (Å²) < 4.78 is 0.534. The van der Waals surface area contributed by atoms with E-state index in [9.17, 15) is 9.59 Å². The Balaban J connectivity index is 2.67. The minimum Gasteiger partial charge on any atom is -0.336 e. The van der Waals surface area contributed by atoms with E-state index in [0.29, 0.717) is 10.9 Å². The first kappa shape index (κ1) is 10.5. The molecule has 2 amide bonds. The smallest absolute Gasteiger partial charge is 0.261 e. The Morgan fingerprint density at radius 3 is 2.77 bits per heavy atom. The summed E-state index contributed by atoms with van der Waals surface area (Å²) in [5, 5.41) is 2.01. The van der Waals surface area contributed by atoms with E-state index in [1.165, 1.54) is 23.6 Å². The van der Waals surface area contributed by atoms with Gasteiger partial charge >= 0.3 is 0 Å². The van der Waals surface area contributed by atoms with Gasteiger partial charge in [0.25, 0.3) is 5.91 Å². The molecule has 6 heteroatoms. The minimum atomic E-state index is -0.523. The Morgan fingerprint density at radius 2 is 2.38 bits per heavy atom. The number of hydrogen-bond acceptors (Lipinski definition) is 4. The summed E-state index contributed by atoms with van der Waals surface area (Å²) in [6.45, 7) is 3.78. The first-order valence-electron chi connectivity index (χ1n) is 3.85. The van der Waals surface area contributed by atoms with Gasteiger partial charge in [0.05, 0.1) is 0 Å². The highest BCUT2D eigenvalue weighted by Gasteiger charge is 2.36. The summed E-state index contributed by atoms with van der Waals surface area (Å²) in [5.74, 6) is -0.348. The quantitative estimate of drug-likeness (QED) is 0.679. The number of amides is 2. The van der Waals surface area contributed by atoms with Gasteiger partial charge in [-0.3, -0.25) is 14.5 Å². The lowest BCUT2D eigenvalue weighted by atomic mass is 10.5. The fourth-order valence-electron chi connectivity index (χ4n) is 1.01. The Bertz CT molecular complexity index is 267. The summed E-state index contributed by atoms with van der Waals surface area (Å²) >= 11 is 6.17. The SMILES string of the molecule is CCN1C(=O)C(NC(C)=O)SC1=S. The molecule has 0 spiro atoms. The molecule has 72 valence electrons. The van der Waals surface area contributed by atoms with Gasteiger partial charge in [0.1, 0.15) is 4.32 Å². The van der Waals surface area contributed by atoms with E-state index in [-0.39, 0.29) is 11.8 Å². The van der Waals surface area contributed by atoms with E-state index >= 15 is 0 Å². The van der Waals surface area contributed by atoms with Gasteiger partial charge in [-0.2, -0.15) is 0 Å².